The number of carbonyl (C=O) groups is 1. The largest absolute Gasteiger partial charge is 0.480 e. The Balaban J connectivity index is 2.95. The van der Waals surface area contributed by atoms with Crippen molar-refractivity contribution in [2.45, 2.75) is 39.2 Å². The molecule has 100 valence electrons. The van der Waals surface area contributed by atoms with Gasteiger partial charge in [0.2, 0.25) is 0 Å². The van der Waals surface area contributed by atoms with Crippen LogP contribution in [-0.4, -0.2) is 23.7 Å². The first kappa shape index (κ1) is 14.8. The Labute approximate surface area is 113 Å². The number of carboxylic acid groups (broad SMARTS) is 1. The van der Waals surface area contributed by atoms with Crippen molar-refractivity contribution in [2.24, 2.45) is 0 Å². The first-order valence-corrected chi connectivity index (χ1v) is 6.70. The van der Waals surface area contributed by atoms with E-state index in [0.717, 1.165) is 24.9 Å². The zero-order valence-corrected chi connectivity index (χ0v) is 11.7. The second kappa shape index (κ2) is 7.27. The van der Waals surface area contributed by atoms with Crippen molar-refractivity contribution in [3.05, 3.63) is 29.3 Å². The van der Waals surface area contributed by atoms with Gasteiger partial charge in [-0.2, -0.15) is 0 Å². The molecule has 1 N–H and O–H groups in total. The Bertz CT molecular complexity index is 378. The van der Waals surface area contributed by atoms with Gasteiger partial charge in [0, 0.05) is 16.8 Å². The average molecular weight is 270 g/mol. The van der Waals surface area contributed by atoms with Gasteiger partial charge in [0.05, 0.1) is 0 Å². The molecule has 0 spiro atoms. The van der Waals surface area contributed by atoms with Gasteiger partial charge < -0.3 is 10.0 Å². The minimum atomic E-state index is -0.806. The lowest BCUT2D eigenvalue weighted by Gasteiger charge is -2.31. The van der Waals surface area contributed by atoms with E-state index in [9.17, 15) is 4.79 Å². The lowest BCUT2D eigenvalue weighted by molar-refractivity contribution is -0.135. The number of halogens is 1. The van der Waals surface area contributed by atoms with E-state index in [-0.39, 0.29) is 12.6 Å². The Hall–Kier alpha value is -1.22. The summed E-state index contributed by atoms with van der Waals surface area (Å²) in [5, 5.41) is 9.71. The van der Waals surface area contributed by atoms with Crippen LogP contribution in [0.1, 0.15) is 33.1 Å². The monoisotopic (exact) mass is 269 g/mol. The van der Waals surface area contributed by atoms with Crippen LogP contribution >= 0.6 is 11.6 Å². The molecule has 0 radical (unpaired) electrons. The van der Waals surface area contributed by atoms with Gasteiger partial charge in [0.15, 0.2) is 0 Å². The molecule has 0 heterocycles. The maximum atomic E-state index is 11.0. The van der Waals surface area contributed by atoms with Crippen LogP contribution in [0.5, 0.6) is 0 Å². The van der Waals surface area contributed by atoms with Gasteiger partial charge in [-0.15, -0.1) is 0 Å². The van der Waals surface area contributed by atoms with Crippen molar-refractivity contribution in [3.63, 3.8) is 0 Å². The molecule has 0 aliphatic heterocycles. The van der Waals surface area contributed by atoms with Crippen LogP contribution in [-0.2, 0) is 4.79 Å². The van der Waals surface area contributed by atoms with Gasteiger partial charge in [-0.3, -0.25) is 4.79 Å². The minimum absolute atomic E-state index is 0.0279. The topological polar surface area (TPSA) is 40.5 Å². The molecule has 0 aliphatic carbocycles. The summed E-state index contributed by atoms with van der Waals surface area (Å²) in [6.07, 6.45) is 2.97. The number of hydrogen-bond donors (Lipinski definition) is 1. The van der Waals surface area contributed by atoms with E-state index in [1.165, 1.54) is 0 Å². The van der Waals surface area contributed by atoms with E-state index in [1.807, 2.05) is 17.0 Å². The predicted octanol–water partition coefficient (Wildman–Crippen LogP) is 3.81. The molecule has 0 amide bonds. The van der Waals surface area contributed by atoms with E-state index < -0.39 is 5.97 Å². The molecule has 1 rings (SSSR count). The summed E-state index contributed by atoms with van der Waals surface area (Å²) in [5.41, 5.74) is 0.919. The highest BCUT2D eigenvalue weighted by Crippen LogP contribution is 2.23. The lowest BCUT2D eigenvalue weighted by Crippen LogP contribution is -2.38. The summed E-state index contributed by atoms with van der Waals surface area (Å²) in [5.74, 6) is -0.806. The average Bonchev–Trinajstić information content (AvgIpc) is 2.34. The standard InChI is InChI=1S/C14H20ClNO2/c1-3-5-12(4-2)16(10-14(17)18)13-8-6-11(15)7-9-13/h6-9,12H,3-5,10H2,1-2H3,(H,17,18). The van der Waals surface area contributed by atoms with Crippen molar-refractivity contribution in [1.29, 1.82) is 0 Å². The zero-order valence-electron chi connectivity index (χ0n) is 10.9. The minimum Gasteiger partial charge on any atom is -0.480 e. The normalized spacial score (nSPS) is 12.2. The molecule has 18 heavy (non-hydrogen) atoms. The predicted molar refractivity (Wildman–Crippen MR) is 75.4 cm³/mol. The van der Waals surface area contributed by atoms with Gasteiger partial charge in [0.25, 0.3) is 0 Å². The van der Waals surface area contributed by atoms with Gasteiger partial charge in [0.1, 0.15) is 6.54 Å². The van der Waals surface area contributed by atoms with Crippen LogP contribution in [0.25, 0.3) is 0 Å². The van der Waals surface area contributed by atoms with Crippen molar-refractivity contribution in [3.8, 4) is 0 Å². The number of hydrogen-bond acceptors (Lipinski definition) is 2. The third-order valence-corrected chi connectivity index (χ3v) is 3.25. The Morgan fingerprint density at radius 2 is 1.94 bits per heavy atom. The second-order valence-electron chi connectivity index (χ2n) is 4.35. The molecule has 1 aromatic rings. The van der Waals surface area contributed by atoms with Crippen LogP contribution in [0.4, 0.5) is 5.69 Å². The second-order valence-corrected chi connectivity index (χ2v) is 4.79. The fourth-order valence-corrected chi connectivity index (χ4v) is 2.25. The molecule has 0 aliphatic rings. The van der Waals surface area contributed by atoms with E-state index in [0.29, 0.717) is 5.02 Å². The van der Waals surface area contributed by atoms with Crippen LogP contribution in [0, 0.1) is 0 Å². The van der Waals surface area contributed by atoms with E-state index in [2.05, 4.69) is 13.8 Å². The van der Waals surface area contributed by atoms with Gasteiger partial charge in [-0.1, -0.05) is 31.9 Å². The van der Waals surface area contributed by atoms with Crippen molar-refractivity contribution in [2.75, 3.05) is 11.4 Å². The number of benzene rings is 1. The fourth-order valence-electron chi connectivity index (χ4n) is 2.12. The molecule has 3 nitrogen and oxygen atoms in total. The van der Waals surface area contributed by atoms with Crippen LogP contribution in [0.15, 0.2) is 24.3 Å². The number of carboxylic acids is 1. The molecule has 0 bridgehead atoms. The Morgan fingerprint density at radius 3 is 2.39 bits per heavy atom. The third-order valence-electron chi connectivity index (χ3n) is 3.00. The van der Waals surface area contributed by atoms with Crippen molar-refractivity contribution in [1.82, 2.24) is 0 Å². The molecule has 0 saturated carbocycles. The summed E-state index contributed by atoms with van der Waals surface area (Å²) in [7, 11) is 0. The highest BCUT2D eigenvalue weighted by atomic mass is 35.5. The summed E-state index contributed by atoms with van der Waals surface area (Å²) >= 11 is 5.86. The van der Waals surface area contributed by atoms with E-state index in [1.54, 1.807) is 12.1 Å². The molecule has 1 unspecified atom stereocenters. The molecule has 0 aromatic heterocycles. The molecular weight excluding hydrogens is 250 g/mol. The Morgan fingerprint density at radius 1 is 1.33 bits per heavy atom. The number of nitrogens with zero attached hydrogens (tertiary/aromatic N) is 1. The maximum Gasteiger partial charge on any atom is 0.323 e. The summed E-state index contributed by atoms with van der Waals surface area (Å²) in [4.78, 5) is 13.0. The molecule has 0 saturated heterocycles. The van der Waals surface area contributed by atoms with E-state index in [4.69, 9.17) is 16.7 Å². The maximum absolute atomic E-state index is 11.0. The SMILES string of the molecule is CCCC(CC)N(CC(=O)O)c1ccc(Cl)cc1. The quantitative estimate of drug-likeness (QED) is 0.818. The van der Waals surface area contributed by atoms with Crippen LogP contribution in [0.2, 0.25) is 5.02 Å². The summed E-state index contributed by atoms with van der Waals surface area (Å²) < 4.78 is 0. The first-order valence-electron chi connectivity index (χ1n) is 6.32. The first-order chi connectivity index (χ1) is 8.58. The highest BCUT2D eigenvalue weighted by molar-refractivity contribution is 6.30. The van der Waals surface area contributed by atoms with Crippen LogP contribution < -0.4 is 4.90 Å². The van der Waals surface area contributed by atoms with Gasteiger partial charge in [-0.25, -0.2) is 0 Å². The van der Waals surface area contributed by atoms with Gasteiger partial charge in [-0.05, 0) is 37.1 Å². The number of aliphatic carboxylic acids is 1. The molecule has 1 atom stereocenters. The number of rotatable bonds is 7. The third kappa shape index (κ3) is 4.22. The van der Waals surface area contributed by atoms with Gasteiger partial charge >= 0.3 is 5.97 Å². The zero-order chi connectivity index (χ0) is 13.5. The molecular formula is C14H20ClNO2. The van der Waals surface area contributed by atoms with Crippen LogP contribution in [0.3, 0.4) is 0 Å². The fraction of sp³-hybridized carbons (Fsp3) is 0.500. The summed E-state index contributed by atoms with van der Waals surface area (Å²) in [6.45, 7) is 4.23. The van der Waals surface area contributed by atoms with E-state index >= 15 is 0 Å². The number of anilines is 1. The Kier molecular flexibility index (Phi) is 5.99. The smallest absolute Gasteiger partial charge is 0.323 e. The van der Waals surface area contributed by atoms with Crippen molar-refractivity contribution < 1.29 is 9.90 Å². The molecule has 0 fully saturated rings. The molecule has 4 heteroatoms. The molecule has 1 aromatic carbocycles. The highest BCUT2D eigenvalue weighted by Gasteiger charge is 2.19. The summed E-state index contributed by atoms with van der Waals surface area (Å²) in [6, 6.07) is 7.61. The van der Waals surface area contributed by atoms with Crippen molar-refractivity contribution >= 4 is 23.3 Å². The lowest BCUT2D eigenvalue weighted by atomic mass is 10.1.